The van der Waals surface area contributed by atoms with Gasteiger partial charge >= 0.3 is 11.6 Å². The first-order valence-corrected chi connectivity index (χ1v) is 8.05. The van der Waals surface area contributed by atoms with Gasteiger partial charge in [-0.25, -0.2) is 9.59 Å². The first-order chi connectivity index (χ1) is 13.0. The maximum Gasteiger partial charge on any atom is 0.337 e. The Bertz CT molecular complexity index is 1040. The van der Waals surface area contributed by atoms with E-state index >= 15 is 0 Å². The van der Waals surface area contributed by atoms with Crippen LogP contribution in [0.5, 0.6) is 17.2 Å². The Morgan fingerprint density at radius 2 is 1.78 bits per heavy atom. The Hall–Kier alpha value is -3.48. The fraction of sp³-hybridized carbons (Fsp3) is 0.200. The average Bonchev–Trinajstić information content (AvgIpc) is 2.70. The smallest absolute Gasteiger partial charge is 0.337 e. The monoisotopic (exact) mass is 370 g/mol. The summed E-state index contributed by atoms with van der Waals surface area (Å²) in [5.41, 5.74) is 0.929. The zero-order valence-corrected chi connectivity index (χ0v) is 15.1. The van der Waals surface area contributed by atoms with Crippen LogP contribution >= 0.6 is 0 Å². The number of rotatable bonds is 6. The molecule has 0 saturated carbocycles. The summed E-state index contributed by atoms with van der Waals surface area (Å²) in [6, 6.07) is 11.3. The van der Waals surface area contributed by atoms with E-state index in [0.29, 0.717) is 34.0 Å². The number of hydrogen-bond acceptors (Lipinski definition) is 7. The van der Waals surface area contributed by atoms with Gasteiger partial charge in [0.2, 0.25) is 0 Å². The van der Waals surface area contributed by atoms with Crippen molar-refractivity contribution in [3.63, 3.8) is 0 Å². The SMILES string of the molecule is COC(=O)c1ccc(OCc2cc(=O)oc3cc(OC)ccc23)c(OC)c1. The first kappa shape index (κ1) is 18.3. The van der Waals surface area contributed by atoms with E-state index in [0.717, 1.165) is 5.39 Å². The highest BCUT2D eigenvalue weighted by atomic mass is 16.5. The predicted molar refractivity (Wildman–Crippen MR) is 97.7 cm³/mol. The van der Waals surface area contributed by atoms with E-state index < -0.39 is 11.6 Å². The van der Waals surface area contributed by atoms with Gasteiger partial charge in [0.15, 0.2) is 11.5 Å². The molecule has 0 aliphatic heterocycles. The molecule has 3 rings (SSSR count). The quantitative estimate of drug-likeness (QED) is 0.487. The van der Waals surface area contributed by atoms with Gasteiger partial charge in [0, 0.05) is 23.1 Å². The summed E-state index contributed by atoms with van der Waals surface area (Å²) in [5, 5.41) is 0.737. The molecule has 1 heterocycles. The van der Waals surface area contributed by atoms with Gasteiger partial charge in [0.1, 0.15) is 17.9 Å². The normalized spacial score (nSPS) is 10.5. The summed E-state index contributed by atoms with van der Waals surface area (Å²) in [5.74, 6) is 0.927. The number of carbonyl (C=O) groups excluding carboxylic acids is 1. The van der Waals surface area contributed by atoms with Crippen LogP contribution in [0.4, 0.5) is 0 Å². The third kappa shape index (κ3) is 3.87. The number of benzene rings is 2. The van der Waals surface area contributed by atoms with Crippen LogP contribution in [0.25, 0.3) is 11.0 Å². The topological polar surface area (TPSA) is 84.2 Å². The van der Waals surface area contributed by atoms with E-state index in [4.69, 9.17) is 23.4 Å². The van der Waals surface area contributed by atoms with E-state index in [1.807, 2.05) is 0 Å². The molecular formula is C20H18O7. The standard InChI is InChI=1S/C20H18O7/c1-23-14-5-6-15-13(9-19(21)27-17(15)10-14)11-26-16-7-4-12(20(22)25-3)8-18(16)24-2/h4-10H,11H2,1-3H3. The van der Waals surface area contributed by atoms with E-state index in [1.54, 1.807) is 30.3 Å². The van der Waals surface area contributed by atoms with Crippen LogP contribution in [0, 0.1) is 0 Å². The van der Waals surface area contributed by atoms with Crippen LogP contribution in [0.1, 0.15) is 15.9 Å². The molecule has 140 valence electrons. The Morgan fingerprint density at radius 1 is 0.963 bits per heavy atom. The molecule has 0 spiro atoms. The fourth-order valence-corrected chi connectivity index (χ4v) is 2.64. The van der Waals surface area contributed by atoms with Gasteiger partial charge in [-0.05, 0) is 30.3 Å². The van der Waals surface area contributed by atoms with Crippen molar-refractivity contribution in [2.75, 3.05) is 21.3 Å². The van der Waals surface area contributed by atoms with Gasteiger partial charge < -0.3 is 23.4 Å². The minimum Gasteiger partial charge on any atom is -0.497 e. The molecule has 0 bridgehead atoms. The highest BCUT2D eigenvalue weighted by Gasteiger charge is 2.13. The van der Waals surface area contributed by atoms with Crippen LogP contribution in [0.2, 0.25) is 0 Å². The number of esters is 1. The van der Waals surface area contributed by atoms with E-state index in [9.17, 15) is 9.59 Å². The lowest BCUT2D eigenvalue weighted by atomic mass is 10.1. The maximum atomic E-state index is 11.9. The Labute approximate surface area is 155 Å². The molecule has 0 atom stereocenters. The average molecular weight is 370 g/mol. The van der Waals surface area contributed by atoms with Crippen molar-refractivity contribution < 1.29 is 28.2 Å². The highest BCUT2D eigenvalue weighted by Crippen LogP contribution is 2.30. The molecule has 0 unspecified atom stereocenters. The van der Waals surface area contributed by atoms with Crippen LogP contribution in [-0.2, 0) is 11.3 Å². The van der Waals surface area contributed by atoms with Crippen LogP contribution in [0.3, 0.4) is 0 Å². The number of carbonyl (C=O) groups is 1. The zero-order valence-electron chi connectivity index (χ0n) is 15.1. The second-order valence-electron chi connectivity index (χ2n) is 5.60. The molecule has 0 N–H and O–H groups in total. The van der Waals surface area contributed by atoms with Gasteiger partial charge in [-0.15, -0.1) is 0 Å². The molecule has 7 nitrogen and oxygen atoms in total. The lowest BCUT2D eigenvalue weighted by Crippen LogP contribution is -2.06. The molecule has 7 heteroatoms. The summed E-state index contributed by atoms with van der Waals surface area (Å²) >= 11 is 0. The molecule has 3 aromatic rings. The van der Waals surface area contributed by atoms with Gasteiger partial charge in [0.05, 0.1) is 26.9 Å². The molecule has 0 aliphatic carbocycles. The minimum absolute atomic E-state index is 0.113. The van der Waals surface area contributed by atoms with Crippen LogP contribution < -0.4 is 19.8 Å². The third-order valence-corrected chi connectivity index (χ3v) is 4.01. The molecule has 1 aromatic heterocycles. The third-order valence-electron chi connectivity index (χ3n) is 4.01. The number of fused-ring (bicyclic) bond motifs is 1. The van der Waals surface area contributed by atoms with Crippen molar-refractivity contribution >= 4 is 16.9 Å². The van der Waals surface area contributed by atoms with Crippen LogP contribution in [0.15, 0.2) is 51.7 Å². The van der Waals surface area contributed by atoms with E-state index in [2.05, 4.69) is 0 Å². The van der Waals surface area contributed by atoms with Crippen molar-refractivity contribution in [3.05, 3.63) is 64.0 Å². The van der Waals surface area contributed by atoms with Crippen molar-refractivity contribution in [1.82, 2.24) is 0 Å². The molecule has 27 heavy (non-hydrogen) atoms. The molecule has 0 saturated heterocycles. The largest absolute Gasteiger partial charge is 0.497 e. The van der Waals surface area contributed by atoms with Crippen LogP contribution in [-0.4, -0.2) is 27.3 Å². The van der Waals surface area contributed by atoms with Gasteiger partial charge in [-0.2, -0.15) is 0 Å². The Balaban J connectivity index is 1.90. The summed E-state index contributed by atoms with van der Waals surface area (Å²) in [4.78, 5) is 23.5. The zero-order chi connectivity index (χ0) is 19.4. The molecule has 0 radical (unpaired) electrons. The van der Waals surface area contributed by atoms with E-state index in [-0.39, 0.29) is 6.61 Å². The molecule has 0 fully saturated rings. The van der Waals surface area contributed by atoms with E-state index in [1.165, 1.54) is 33.5 Å². The molecular weight excluding hydrogens is 352 g/mol. The summed E-state index contributed by atoms with van der Waals surface area (Å²) in [6.45, 7) is 0.113. The van der Waals surface area contributed by atoms with Gasteiger partial charge in [-0.1, -0.05) is 0 Å². The minimum atomic E-state index is -0.484. The van der Waals surface area contributed by atoms with Crippen molar-refractivity contribution in [2.45, 2.75) is 6.61 Å². The Morgan fingerprint density at radius 3 is 2.48 bits per heavy atom. The second-order valence-corrected chi connectivity index (χ2v) is 5.60. The summed E-state index contributed by atoms with van der Waals surface area (Å²) < 4.78 is 26.2. The lowest BCUT2D eigenvalue weighted by molar-refractivity contribution is 0.0600. The van der Waals surface area contributed by atoms with Crippen molar-refractivity contribution in [1.29, 1.82) is 0 Å². The Kier molecular flexibility index (Phi) is 5.30. The number of methoxy groups -OCH3 is 3. The summed E-state index contributed by atoms with van der Waals surface area (Å²) in [6.07, 6.45) is 0. The highest BCUT2D eigenvalue weighted by molar-refractivity contribution is 5.90. The molecule has 0 amide bonds. The van der Waals surface area contributed by atoms with Crippen molar-refractivity contribution in [2.24, 2.45) is 0 Å². The lowest BCUT2D eigenvalue weighted by Gasteiger charge is -2.13. The predicted octanol–water partition coefficient (Wildman–Crippen LogP) is 3.18. The van der Waals surface area contributed by atoms with Crippen molar-refractivity contribution in [3.8, 4) is 17.2 Å². The first-order valence-electron chi connectivity index (χ1n) is 8.05. The molecule has 0 aliphatic rings. The summed E-state index contributed by atoms with van der Waals surface area (Å²) in [7, 11) is 4.32. The number of ether oxygens (including phenoxy) is 4. The maximum absolute atomic E-state index is 11.9. The fourth-order valence-electron chi connectivity index (χ4n) is 2.64. The second kappa shape index (κ2) is 7.82. The van der Waals surface area contributed by atoms with Gasteiger partial charge in [-0.3, -0.25) is 0 Å². The number of hydrogen-bond donors (Lipinski definition) is 0. The molecule has 2 aromatic carbocycles. The van der Waals surface area contributed by atoms with Gasteiger partial charge in [0.25, 0.3) is 0 Å².